The lowest BCUT2D eigenvalue weighted by atomic mass is 9.89. The van der Waals surface area contributed by atoms with Crippen LogP contribution in [-0.4, -0.2) is 60.2 Å². The number of aryl methyl sites for hydroxylation is 1. The maximum atomic E-state index is 12.3. The monoisotopic (exact) mass is 385 g/mol. The number of carbonyl (C=O) groups is 2. The van der Waals surface area contributed by atoms with E-state index in [1.807, 2.05) is 11.7 Å². The zero-order chi connectivity index (χ0) is 20.1. The van der Waals surface area contributed by atoms with E-state index in [1.165, 1.54) is 31.4 Å². The topological polar surface area (TPSA) is 70.5 Å². The number of hydrogen-bond donors (Lipinski definition) is 1. The molecule has 1 N–H and O–H groups in total. The molecule has 1 fully saturated rings. The molecule has 152 valence electrons. The van der Waals surface area contributed by atoms with Crippen molar-refractivity contribution in [3.8, 4) is 0 Å². The molecule has 0 atom stereocenters. The van der Waals surface area contributed by atoms with Crippen LogP contribution in [0.1, 0.15) is 44.1 Å². The molecular weight excluding hydrogens is 354 g/mol. The minimum Gasteiger partial charge on any atom is -0.341 e. The van der Waals surface area contributed by atoms with Gasteiger partial charge in [-0.2, -0.15) is 5.10 Å². The zero-order valence-electron chi connectivity index (χ0n) is 17.1. The molecule has 28 heavy (non-hydrogen) atoms. The van der Waals surface area contributed by atoms with Crippen LogP contribution in [-0.2, 0) is 11.8 Å². The second kappa shape index (κ2) is 9.19. The Morgan fingerprint density at radius 3 is 2.75 bits per heavy atom. The van der Waals surface area contributed by atoms with Crippen molar-refractivity contribution in [1.29, 1.82) is 0 Å². The predicted octanol–water partition coefficient (Wildman–Crippen LogP) is 2.90. The fraction of sp³-hybridized carbons (Fsp3) is 0.571. The van der Waals surface area contributed by atoms with Gasteiger partial charge in [0, 0.05) is 32.4 Å². The lowest BCUT2D eigenvalue weighted by molar-refractivity contribution is -0.107. The average molecular weight is 386 g/mol. The van der Waals surface area contributed by atoms with Gasteiger partial charge in [0.25, 0.3) is 0 Å². The van der Waals surface area contributed by atoms with Crippen LogP contribution in [0.15, 0.2) is 18.2 Å². The van der Waals surface area contributed by atoms with Gasteiger partial charge in [-0.15, -0.1) is 0 Å². The van der Waals surface area contributed by atoms with Crippen molar-refractivity contribution in [3.63, 3.8) is 0 Å². The van der Waals surface area contributed by atoms with Gasteiger partial charge < -0.3 is 15.0 Å². The zero-order valence-corrected chi connectivity index (χ0v) is 17.1. The number of carbonyl (C=O) groups excluding carboxylic acids is 2. The molecule has 7 heteroatoms. The van der Waals surface area contributed by atoms with Gasteiger partial charge in [-0.3, -0.25) is 9.58 Å². The van der Waals surface area contributed by atoms with Crippen molar-refractivity contribution in [2.24, 2.45) is 7.05 Å². The molecule has 0 saturated carbocycles. The average Bonchev–Trinajstić information content (AvgIpc) is 3.05. The van der Waals surface area contributed by atoms with E-state index in [2.05, 4.69) is 40.4 Å². The Kier molecular flexibility index (Phi) is 6.67. The molecule has 2 heterocycles. The number of rotatable bonds is 7. The molecule has 1 aromatic heterocycles. The predicted molar refractivity (Wildman–Crippen MR) is 112 cm³/mol. The summed E-state index contributed by atoms with van der Waals surface area (Å²) < 4.78 is 1.83. The number of benzene rings is 1. The third-order valence-electron chi connectivity index (χ3n) is 5.64. The summed E-state index contributed by atoms with van der Waals surface area (Å²) in [5.41, 5.74) is 2.36. The van der Waals surface area contributed by atoms with E-state index < -0.39 is 0 Å². The molecule has 7 nitrogen and oxygen atoms in total. The van der Waals surface area contributed by atoms with Gasteiger partial charge in [0.2, 0.25) is 0 Å². The van der Waals surface area contributed by atoms with Crippen molar-refractivity contribution in [1.82, 2.24) is 20.0 Å². The van der Waals surface area contributed by atoms with Crippen molar-refractivity contribution < 1.29 is 9.59 Å². The first-order valence-corrected chi connectivity index (χ1v) is 10.2. The maximum Gasteiger partial charge on any atom is 0.322 e. The standard InChI is InChI=1S/C21H31N5O2/c1-4-10-25-12-8-16(9-13-25)17-6-7-18-19(15-17)24(3)23-20(18)26(11-5-14-27)21(28)22-2/h6-7,14-16H,4-5,8-13H2,1-3H3,(H,22,28). The van der Waals surface area contributed by atoms with E-state index in [0.29, 0.717) is 18.3 Å². The van der Waals surface area contributed by atoms with Crippen LogP contribution in [0.4, 0.5) is 10.6 Å². The molecule has 0 aliphatic carbocycles. The van der Waals surface area contributed by atoms with Gasteiger partial charge in [-0.1, -0.05) is 13.0 Å². The largest absolute Gasteiger partial charge is 0.341 e. The third-order valence-corrected chi connectivity index (χ3v) is 5.64. The number of nitrogens with one attached hydrogen (secondary N) is 1. The highest BCUT2D eigenvalue weighted by molar-refractivity contribution is 6.01. The van der Waals surface area contributed by atoms with Gasteiger partial charge in [-0.05, 0) is 62.5 Å². The number of fused-ring (bicyclic) bond motifs is 1. The first-order chi connectivity index (χ1) is 13.6. The molecule has 0 unspecified atom stereocenters. The second-order valence-electron chi connectivity index (χ2n) is 7.50. The third kappa shape index (κ3) is 4.19. The summed E-state index contributed by atoms with van der Waals surface area (Å²) in [5, 5.41) is 8.17. The fourth-order valence-electron chi connectivity index (χ4n) is 4.14. The Balaban J connectivity index is 1.86. The Hall–Kier alpha value is -2.41. The van der Waals surface area contributed by atoms with Crippen LogP contribution in [0.25, 0.3) is 10.9 Å². The minimum absolute atomic E-state index is 0.255. The normalized spacial score (nSPS) is 15.7. The lowest BCUT2D eigenvalue weighted by Crippen LogP contribution is -2.39. The molecule has 1 aromatic carbocycles. The number of hydrogen-bond acceptors (Lipinski definition) is 4. The Morgan fingerprint density at radius 1 is 1.36 bits per heavy atom. The van der Waals surface area contributed by atoms with Crippen molar-refractivity contribution in [2.45, 2.75) is 38.5 Å². The highest BCUT2D eigenvalue weighted by atomic mass is 16.2. The summed E-state index contributed by atoms with van der Waals surface area (Å²) in [6.45, 7) is 6.05. The highest BCUT2D eigenvalue weighted by Crippen LogP contribution is 2.33. The number of urea groups is 1. The number of likely N-dealkylation sites (tertiary alicyclic amines) is 1. The molecule has 0 radical (unpaired) electrons. The van der Waals surface area contributed by atoms with Crippen LogP contribution in [0, 0.1) is 0 Å². The number of aromatic nitrogens is 2. The minimum atomic E-state index is -0.255. The quantitative estimate of drug-likeness (QED) is 0.744. The van der Waals surface area contributed by atoms with E-state index in [1.54, 1.807) is 11.9 Å². The van der Waals surface area contributed by atoms with Crippen molar-refractivity contribution >= 4 is 29.0 Å². The van der Waals surface area contributed by atoms with Gasteiger partial charge in [-0.25, -0.2) is 4.79 Å². The summed E-state index contributed by atoms with van der Waals surface area (Å²) in [4.78, 5) is 27.2. The summed E-state index contributed by atoms with van der Waals surface area (Å²) in [7, 11) is 3.49. The maximum absolute atomic E-state index is 12.3. The van der Waals surface area contributed by atoms with Crippen LogP contribution >= 0.6 is 0 Å². The van der Waals surface area contributed by atoms with Crippen molar-refractivity contribution in [2.75, 3.05) is 38.1 Å². The summed E-state index contributed by atoms with van der Waals surface area (Å²) >= 11 is 0. The summed E-state index contributed by atoms with van der Waals surface area (Å²) in [6, 6.07) is 6.21. The molecule has 3 rings (SSSR count). The van der Waals surface area contributed by atoms with Crippen LogP contribution in [0.3, 0.4) is 0 Å². The highest BCUT2D eigenvalue weighted by Gasteiger charge is 2.24. The molecule has 0 bridgehead atoms. The van der Waals surface area contributed by atoms with E-state index in [9.17, 15) is 9.59 Å². The molecule has 1 aliphatic heterocycles. The molecule has 2 amide bonds. The Bertz CT molecular complexity index is 824. The smallest absolute Gasteiger partial charge is 0.322 e. The first kappa shape index (κ1) is 20.3. The second-order valence-corrected chi connectivity index (χ2v) is 7.50. The fourth-order valence-corrected chi connectivity index (χ4v) is 4.14. The Morgan fingerprint density at radius 2 is 2.11 bits per heavy atom. The number of piperidine rings is 1. The Labute approximate surface area is 166 Å². The summed E-state index contributed by atoms with van der Waals surface area (Å²) in [5.74, 6) is 1.17. The number of amides is 2. The van der Waals surface area contributed by atoms with E-state index in [-0.39, 0.29) is 12.5 Å². The molecule has 1 aliphatic rings. The number of nitrogens with zero attached hydrogens (tertiary/aromatic N) is 4. The van der Waals surface area contributed by atoms with Crippen LogP contribution < -0.4 is 10.2 Å². The van der Waals surface area contributed by atoms with Crippen LogP contribution in [0.2, 0.25) is 0 Å². The van der Waals surface area contributed by atoms with E-state index in [0.717, 1.165) is 30.3 Å². The number of anilines is 1. The SMILES string of the molecule is CCCN1CCC(c2ccc3c(N(CCC=O)C(=O)NC)nn(C)c3c2)CC1. The van der Waals surface area contributed by atoms with E-state index in [4.69, 9.17) is 0 Å². The van der Waals surface area contributed by atoms with Crippen molar-refractivity contribution in [3.05, 3.63) is 23.8 Å². The lowest BCUT2D eigenvalue weighted by Gasteiger charge is -2.32. The molecule has 1 saturated heterocycles. The van der Waals surface area contributed by atoms with Gasteiger partial charge in [0.1, 0.15) is 6.29 Å². The van der Waals surface area contributed by atoms with Gasteiger partial charge >= 0.3 is 6.03 Å². The van der Waals surface area contributed by atoms with Gasteiger partial charge in [0.05, 0.1) is 5.52 Å². The van der Waals surface area contributed by atoms with Crippen LogP contribution in [0.5, 0.6) is 0 Å². The van der Waals surface area contributed by atoms with Gasteiger partial charge in [0.15, 0.2) is 5.82 Å². The van der Waals surface area contributed by atoms with E-state index >= 15 is 0 Å². The number of aldehydes is 1. The first-order valence-electron chi connectivity index (χ1n) is 10.2. The summed E-state index contributed by atoms with van der Waals surface area (Å²) in [6.07, 6.45) is 4.67. The molecule has 0 spiro atoms. The molecular formula is C21H31N5O2. The molecule has 2 aromatic rings.